The summed E-state index contributed by atoms with van der Waals surface area (Å²) in [6.07, 6.45) is 0. The van der Waals surface area contributed by atoms with E-state index in [1.54, 1.807) is 19.2 Å². The summed E-state index contributed by atoms with van der Waals surface area (Å²) in [7, 11) is 1.55. The molecule has 0 aliphatic carbocycles. The molecule has 0 bridgehead atoms. The third kappa shape index (κ3) is 6.20. The topological polar surface area (TPSA) is 43.0 Å². The largest absolute Gasteiger partial charge is 0.493 e. The molecule has 0 saturated carbocycles. The molecule has 0 unspecified atom stereocenters. The van der Waals surface area contributed by atoms with E-state index in [0.717, 1.165) is 45.0 Å². The molecule has 0 radical (unpaired) electrons. The van der Waals surface area contributed by atoms with E-state index < -0.39 is 5.82 Å². The van der Waals surface area contributed by atoms with Crippen LogP contribution in [-0.4, -0.2) is 51.4 Å². The quantitative estimate of drug-likeness (QED) is 0.591. The van der Waals surface area contributed by atoms with Crippen molar-refractivity contribution in [2.45, 2.75) is 13.2 Å². The molecule has 29 heavy (non-hydrogen) atoms. The first-order chi connectivity index (χ1) is 14.1. The standard InChI is InChI=1S/C21H25Cl2FN2O3/c1-27-20-12-15(13-25-5-6-26-7-9-28-10-8-26)11-18(23)21(20)29-14-16-17(22)3-2-4-19(16)24/h2-4,11-12,25H,5-10,13-14H2,1H3. The number of benzene rings is 2. The monoisotopic (exact) mass is 442 g/mol. The van der Waals surface area contributed by atoms with E-state index in [0.29, 0.717) is 28.1 Å². The molecule has 1 fully saturated rings. The van der Waals surface area contributed by atoms with Gasteiger partial charge in [-0.2, -0.15) is 0 Å². The first-order valence-electron chi connectivity index (χ1n) is 9.51. The highest BCUT2D eigenvalue weighted by Gasteiger charge is 2.15. The lowest BCUT2D eigenvalue weighted by Gasteiger charge is -2.26. The van der Waals surface area contributed by atoms with Crippen molar-refractivity contribution < 1.29 is 18.6 Å². The van der Waals surface area contributed by atoms with Crippen LogP contribution >= 0.6 is 23.2 Å². The van der Waals surface area contributed by atoms with E-state index >= 15 is 0 Å². The average molecular weight is 443 g/mol. The molecule has 1 aliphatic heterocycles. The van der Waals surface area contributed by atoms with Gasteiger partial charge in [0.05, 0.1) is 30.4 Å². The second-order valence-electron chi connectivity index (χ2n) is 6.73. The number of ether oxygens (including phenoxy) is 3. The van der Waals surface area contributed by atoms with Gasteiger partial charge in [0, 0.05) is 38.3 Å². The number of hydrogen-bond donors (Lipinski definition) is 1. The molecule has 0 spiro atoms. The molecule has 2 aromatic carbocycles. The normalized spacial score (nSPS) is 14.8. The van der Waals surface area contributed by atoms with Crippen molar-refractivity contribution in [1.29, 1.82) is 0 Å². The summed E-state index contributed by atoms with van der Waals surface area (Å²) in [5.41, 5.74) is 1.26. The third-order valence-corrected chi connectivity index (χ3v) is 5.38. The average Bonchev–Trinajstić information content (AvgIpc) is 2.72. The lowest BCUT2D eigenvalue weighted by molar-refractivity contribution is 0.0384. The fourth-order valence-corrected chi connectivity index (χ4v) is 3.63. The first kappa shape index (κ1) is 22.1. The highest BCUT2D eigenvalue weighted by atomic mass is 35.5. The fraction of sp³-hybridized carbons (Fsp3) is 0.429. The summed E-state index contributed by atoms with van der Waals surface area (Å²) in [5.74, 6) is 0.439. The van der Waals surface area contributed by atoms with E-state index in [1.165, 1.54) is 6.07 Å². The van der Waals surface area contributed by atoms with E-state index in [4.69, 9.17) is 37.4 Å². The van der Waals surface area contributed by atoms with Gasteiger partial charge in [-0.05, 0) is 29.8 Å². The molecule has 1 aliphatic rings. The second-order valence-corrected chi connectivity index (χ2v) is 7.54. The second kappa shape index (κ2) is 11.0. The van der Waals surface area contributed by atoms with Gasteiger partial charge in [-0.3, -0.25) is 4.90 Å². The van der Waals surface area contributed by atoms with E-state index in [1.807, 2.05) is 12.1 Å². The van der Waals surface area contributed by atoms with Gasteiger partial charge in [0.15, 0.2) is 11.5 Å². The maximum Gasteiger partial charge on any atom is 0.180 e. The van der Waals surface area contributed by atoms with Crippen LogP contribution in [0.3, 0.4) is 0 Å². The molecule has 0 aromatic heterocycles. The predicted octanol–water partition coefficient (Wildman–Crippen LogP) is 4.14. The molecule has 0 amide bonds. The highest BCUT2D eigenvalue weighted by molar-refractivity contribution is 6.32. The van der Waals surface area contributed by atoms with Gasteiger partial charge in [0.2, 0.25) is 0 Å². The van der Waals surface area contributed by atoms with Crippen LogP contribution in [0, 0.1) is 5.82 Å². The van der Waals surface area contributed by atoms with E-state index in [2.05, 4.69) is 10.2 Å². The Labute approximate surface area is 180 Å². The molecule has 158 valence electrons. The molecule has 8 heteroatoms. The summed E-state index contributed by atoms with van der Waals surface area (Å²) < 4.78 is 30.5. The SMILES string of the molecule is COc1cc(CNCCN2CCOCC2)cc(Cl)c1OCc1c(F)cccc1Cl. The van der Waals surface area contributed by atoms with Crippen molar-refractivity contribution >= 4 is 23.2 Å². The molecule has 1 N–H and O–H groups in total. The molecule has 5 nitrogen and oxygen atoms in total. The predicted molar refractivity (Wildman–Crippen MR) is 113 cm³/mol. The summed E-state index contributed by atoms with van der Waals surface area (Å²) in [4.78, 5) is 2.37. The van der Waals surface area contributed by atoms with Crippen molar-refractivity contribution in [2.75, 3.05) is 46.5 Å². The maximum absolute atomic E-state index is 14.0. The van der Waals surface area contributed by atoms with Gasteiger partial charge in [0.25, 0.3) is 0 Å². The van der Waals surface area contributed by atoms with Gasteiger partial charge >= 0.3 is 0 Å². The Morgan fingerprint density at radius 1 is 1.17 bits per heavy atom. The lowest BCUT2D eigenvalue weighted by Crippen LogP contribution is -2.40. The number of morpholine rings is 1. The lowest BCUT2D eigenvalue weighted by atomic mass is 10.2. The van der Waals surface area contributed by atoms with Gasteiger partial charge in [-0.25, -0.2) is 4.39 Å². The minimum atomic E-state index is -0.423. The van der Waals surface area contributed by atoms with E-state index in [9.17, 15) is 4.39 Å². The van der Waals surface area contributed by atoms with Crippen LogP contribution in [0.15, 0.2) is 30.3 Å². The first-order valence-corrected chi connectivity index (χ1v) is 10.3. The van der Waals surface area contributed by atoms with Gasteiger partial charge < -0.3 is 19.5 Å². The Balaban J connectivity index is 1.58. The van der Waals surface area contributed by atoms with Crippen LogP contribution in [0.1, 0.15) is 11.1 Å². The number of halogens is 3. The minimum Gasteiger partial charge on any atom is -0.493 e. The molecular formula is C21H25Cl2FN2O3. The van der Waals surface area contributed by atoms with Crippen LogP contribution in [-0.2, 0) is 17.9 Å². The Morgan fingerprint density at radius 3 is 2.69 bits per heavy atom. The van der Waals surface area contributed by atoms with Crippen molar-refractivity contribution in [3.63, 3.8) is 0 Å². The molecule has 0 atom stereocenters. The van der Waals surface area contributed by atoms with Crippen LogP contribution in [0.2, 0.25) is 10.0 Å². The zero-order valence-electron chi connectivity index (χ0n) is 16.3. The number of methoxy groups -OCH3 is 1. The number of nitrogens with one attached hydrogen (secondary N) is 1. The minimum absolute atomic E-state index is 0.0429. The van der Waals surface area contributed by atoms with E-state index in [-0.39, 0.29) is 12.2 Å². The van der Waals surface area contributed by atoms with Gasteiger partial charge in [-0.15, -0.1) is 0 Å². The van der Waals surface area contributed by atoms with Crippen molar-refractivity contribution in [3.8, 4) is 11.5 Å². The summed E-state index contributed by atoms with van der Waals surface area (Å²) >= 11 is 12.5. The van der Waals surface area contributed by atoms with Gasteiger partial charge in [-0.1, -0.05) is 29.3 Å². The molecule has 3 rings (SSSR count). The number of hydrogen-bond acceptors (Lipinski definition) is 5. The fourth-order valence-electron chi connectivity index (χ4n) is 3.12. The highest BCUT2D eigenvalue weighted by Crippen LogP contribution is 2.37. The Hall–Kier alpha value is -1.57. The third-order valence-electron chi connectivity index (χ3n) is 4.75. The molecule has 1 saturated heterocycles. The van der Waals surface area contributed by atoms with Crippen LogP contribution in [0.4, 0.5) is 4.39 Å². The van der Waals surface area contributed by atoms with Crippen molar-refractivity contribution in [3.05, 3.63) is 57.3 Å². The molecular weight excluding hydrogens is 418 g/mol. The maximum atomic E-state index is 14.0. The smallest absolute Gasteiger partial charge is 0.180 e. The number of nitrogens with zero attached hydrogens (tertiary/aromatic N) is 1. The van der Waals surface area contributed by atoms with Crippen molar-refractivity contribution in [2.24, 2.45) is 0 Å². The summed E-state index contributed by atoms with van der Waals surface area (Å²) in [6, 6.07) is 8.20. The zero-order valence-corrected chi connectivity index (χ0v) is 17.9. The zero-order chi connectivity index (χ0) is 20.6. The summed E-state index contributed by atoms with van der Waals surface area (Å²) in [5, 5.41) is 4.13. The number of rotatable bonds is 9. The molecule has 2 aromatic rings. The Bertz CT molecular complexity index is 797. The van der Waals surface area contributed by atoms with Gasteiger partial charge in [0.1, 0.15) is 12.4 Å². The van der Waals surface area contributed by atoms with Crippen LogP contribution in [0.25, 0.3) is 0 Å². The summed E-state index contributed by atoms with van der Waals surface area (Å²) in [6.45, 7) is 5.98. The van der Waals surface area contributed by atoms with Crippen molar-refractivity contribution in [1.82, 2.24) is 10.2 Å². The Morgan fingerprint density at radius 2 is 1.97 bits per heavy atom. The Kier molecular flexibility index (Phi) is 8.39. The van der Waals surface area contributed by atoms with Crippen LogP contribution in [0.5, 0.6) is 11.5 Å². The van der Waals surface area contributed by atoms with Crippen LogP contribution < -0.4 is 14.8 Å². The molecule has 1 heterocycles.